The summed E-state index contributed by atoms with van der Waals surface area (Å²) < 4.78 is 25.0. The van der Waals surface area contributed by atoms with Crippen LogP contribution in [0.4, 0.5) is 0 Å². The molecule has 0 bridgehead atoms. The smallest absolute Gasteiger partial charge is 0.303 e. The molecule has 1 rings (SSSR count). The van der Waals surface area contributed by atoms with Crippen molar-refractivity contribution in [2.24, 2.45) is 0 Å². The van der Waals surface area contributed by atoms with E-state index in [1.165, 1.54) is 0 Å². The van der Waals surface area contributed by atoms with Crippen molar-refractivity contribution in [2.45, 2.75) is 58.4 Å². The van der Waals surface area contributed by atoms with Gasteiger partial charge in [-0.1, -0.05) is 0 Å². The predicted octanol–water partition coefficient (Wildman–Crippen LogP) is -0.938. The average Bonchev–Trinajstić information content (AvgIpc) is 2.42. The second-order valence-corrected chi connectivity index (χ2v) is 5.09. The lowest BCUT2D eigenvalue weighted by molar-refractivity contribution is -0.296. The fraction of sp³-hybridized carbons (Fsp3) is 0.714. The van der Waals surface area contributed by atoms with Crippen LogP contribution in [0.5, 0.6) is 0 Å². The van der Waals surface area contributed by atoms with E-state index in [1.807, 2.05) is 0 Å². The second kappa shape index (κ2) is 8.60. The number of carbonyl (C=O) groups is 4. The van der Waals surface area contributed by atoms with Crippen molar-refractivity contribution < 1.29 is 48.0 Å². The zero-order valence-electron chi connectivity index (χ0n) is 13.7. The monoisotopic (exact) mass is 348 g/mol. The van der Waals surface area contributed by atoms with Crippen LogP contribution in [0.3, 0.4) is 0 Å². The molecular weight excluding hydrogens is 328 g/mol. The maximum atomic E-state index is 11.3. The van der Waals surface area contributed by atoms with Crippen molar-refractivity contribution in [2.75, 3.05) is 6.61 Å². The van der Waals surface area contributed by atoms with Crippen LogP contribution in [-0.4, -0.2) is 66.3 Å². The molecule has 0 unspecified atom stereocenters. The average molecular weight is 348 g/mol. The third-order valence-electron chi connectivity index (χ3n) is 2.97. The van der Waals surface area contributed by atoms with Crippen LogP contribution in [0.2, 0.25) is 0 Å². The normalized spacial score (nSPS) is 29.3. The Morgan fingerprint density at radius 3 is 1.71 bits per heavy atom. The standard InChI is InChI=1S/C14H20O10/c1-6(15)20-5-10-11(21-7(2)16)12(22-8(3)17)13(14(19)24-10)23-9(4)18/h10-14,19H,5H2,1-4H3/t10-,11-,12+,13+,14-/m1/s1. The van der Waals surface area contributed by atoms with Gasteiger partial charge in [0.15, 0.2) is 24.6 Å². The van der Waals surface area contributed by atoms with Crippen LogP contribution < -0.4 is 0 Å². The van der Waals surface area contributed by atoms with E-state index in [0.29, 0.717) is 0 Å². The van der Waals surface area contributed by atoms with Gasteiger partial charge in [-0.25, -0.2) is 0 Å². The first-order chi connectivity index (χ1) is 11.1. The van der Waals surface area contributed by atoms with Crippen molar-refractivity contribution >= 4 is 23.9 Å². The SMILES string of the molecule is CC(=O)OC[C@H]1O[C@@H](O)[C@@H](OC(C)=O)[C@@H](OC(C)=O)[C@@H]1OC(C)=O. The molecule has 1 saturated heterocycles. The quantitative estimate of drug-likeness (QED) is 0.490. The Hall–Kier alpha value is -2.20. The molecular formula is C14H20O10. The zero-order chi connectivity index (χ0) is 18.4. The molecule has 10 nitrogen and oxygen atoms in total. The Labute approximate surface area is 137 Å². The van der Waals surface area contributed by atoms with Gasteiger partial charge in [0.25, 0.3) is 0 Å². The molecule has 1 aliphatic heterocycles. The molecule has 0 aliphatic carbocycles. The Balaban J connectivity index is 3.11. The summed E-state index contributed by atoms with van der Waals surface area (Å²) in [6, 6.07) is 0. The van der Waals surface area contributed by atoms with Crippen molar-refractivity contribution in [3.05, 3.63) is 0 Å². The minimum Gasteiger partial charge on any atom is -0.463 e. The number of ether oxygens (including phenoxy) is 5. The molecule has 0 aromatic carbocycles. The van der Waals surface area contributed by atoms with Crippen LogP contribution >= 0.6 is 0 Å². The highest BCUT2D eigenvalue weighted by atomic mass is 16.7. The summed E-state index contributed by atoms with van der Waals surface area (Å²) in [4.78, 5) is 44.9. The van der Waals surface area contributed by atoms with Gasteiger partial charge < -0.3 is 28.8 Å². The molecule has 0 aromatic heterocycles. The van der Waals surface area contributed by atoms with E-state index < -0.39 is 54.6 Å². The molecule has 5 atom stereocenters. The van der Waals surface area contributed by atoms with Gasteiger partial charge in [-0.05, 0) is 0 Å². The molecule has 1 fully saturated rings. The number of aliphatic hydroxyl groups excluding tert-OH is 1. The maximum absolute atomic E-state index is 11.3. The van der Waals surface area contributed by atoms with Crippen molar-refractivity contribution in [3.63, 3.8) is 0 Å². The summed E-state index contributed by atoms with van der Waals surface area (Å²) in [5.41, 5.74) is 0. The lowest BCUT2D eigenvalue weighted by Crippen LogP contribution is -2.62. The summed E-state index contributed by atoms with van der Waals surface area (Å²) in [6.45, 7) is 4.09. The van der Waals surface area contributed by atoms with Gasteiger partial charge in [-0.15, -0.1) is 0 Å². The van der Waals surface area contributed by atoms with Gasteiger partial charge in [-0.3, -0.25) is 19.2 Å². The highest BCUT2D eigenvalue weighted by Gasteiger charge is 2.51. The molecule has 1 aliphatic rings. The Kier molecular flexibility index (Phi) is 7.11. The van der Waals surface area contributed by atoms with Gasteiger partial charge in [0, 0.05) is 27.7 Å². The predicted molar refractivity (Wildman–Crippen MR) is 74.2 cm³/mol. The molecule has 0 radical (unpaired) electrons. The zero-order valence-corrected chi connectivity index (χ0v) is 13.7. The molecule has 1 heterocycles. The van der Waals surface area contributed by atoms with Crippen molar-refractivity contribution in [1.82, 2.24) is 0 Å². The number of esters is 4. The largest absolute Gasteiger partial charge is 0.463 e. The Morgan fingerprint density at radius 1 is 0.792 bits per heavy atom. The van der Waals surface area contributed by atoms with E-state index in [4.69, 9.17) is 23.7 Å². The highest BCUT2D eigenvalue weighted by Crippen LogP contribution is 2.28. The molecule has 1 N–H and O–H groups in total. The third-order valence-corrected chi connectivity index (χ3v) is 2.97. The summed E-state index contributed by atoms with van der Waals surface area (Å²) >= 11 is 0. The van der Waals surface area contributed by atoms with Crippen molar-refractivity contribution in [3.8, 4) is 0 Å². The number of carbonyl (C=O) groups excluding carboxylic acids is 4. The fourth-order valence-electron chi connectivity index (χ4n) is 2.21. The van der Waals surface area contributed by atoms with E-state index >= 15 is 0 Å². The van der Waals surface area contributed by atoms with Crippen molar-refractivity contribution in [1.29, 1.82) is 0 Å². The summed E-state index contributed by atoms with van der Waals surface area (Å²) in [7, 11) is 0. The molecule has 0 amide bonds. The lowest BCUT2D eigenvalue weighted by atomic mass is 9.98. The first-order valence-corrected chi connectivity index (χ1v) is 7.10. The molecule has 0 saturated carbocycles. The summed E-state index contributed by atoms with van der Waals surface area (Å²) in [5.74, 6) is -2.87. The summed E-state index contributed by atoms with van der Waals surface area (Å²) in [5, 5.41) is 10.0. The maximum Gasteiger partial charge on any atom is 0.303 e. The minimum absolute atomic E-state index is 0.366. The topological polar surface area (TPSA) is 135 Å². The fourth-order valence-corrected chi connectivity index (χ4v) is 2.21. The van der Waals surface area contributed by atoms with Gasteiger partial charge in [-0.2, -0.15) is 0 Å². The first-order valence-electron chi connectivity index (χ1n) is 7.10. The van der Waals surface area contributed by atoms with Gasteiger partial charge in [0.2, 0.25) is 0 Å². The minimum atomic E-state index is -1.68. The molecule has 10 heteroatoms. The van der Waals surface area contributed by atoms with Gasteiger partial charge in [0.05, 0.1) is 0 Å². The highest BCUT2D eigenvalue weighted by molar-refractivity contribution is 5.68. The molecule has 0 spiro atoms. The number of aliphatic hydroxyl groups is 1. The van der Waals surface area contributed by atoms with Crippen LogP contribution in [0.1, 0.15) is 27.7 Å². The summed E-state index contributed by atoms with van der Waals surface area (Å²) in [6.07, 6.45) is -6.79. The van der Waals surface area contributed by atoms with Crippen LogP contribution in [-0.2, 0) is 42.9 Å². The van der Waals surface area contributed by atoms with E-state index in [0.717, 1.165) is 27.7 Å². The molecule has 24 heavy (non-hydrogen) atoms. The number of rotatable bonds is 5. The van der Waals surface area contributed by atoms with E-state index in [9.17, 15) is 24.3 Å². The van der Waals surface area contributed by atoms with Gasteiger partial charge in [0.1, 0.15) is 12.7 Å². The number of hydrogen-bond donors (Lipinski definition) is 1. The molecule has 136 valence electrons. The molecule has 0 aromatic rings. The van der Waals surface area contributed by atoms with E-state index in [-0.39, 0.29) is 6.61 Å². The number of hydrogen-bond acceptors (Lipinski definition) is 10. The van der Waals surface area contributed by atoms with Gasteiger partial charge >= 0.3 is 23.9 Å². The lowest BCUT2D eigenvalue weighted by Gasteiger charge is -2.42. The Bertz CT molecular complexity index is 502. The second-order valence-electron chi connectivity index (χ2n) is 5.09. The van der Waals surface area contributed by atoms with E-state index in [1.54, 1.807) is 0 Å². The van der Waals surface area contributed by atoms with Crippen LogP contribution in [0, 0.1) is 0 Å². The first kappa shape index (κ1) is 19.8. The van der Waals surface area contributed by atoms with Crippen LogP contribution in [0.15, 0.2) is 0 Å². The van der Waals surface area contributed by atoms with Crippen LogP contribution in [0.25, 0.3) is 0 Å². The Morgan fingerprint density at radius 2 is 1.25 bits per heavy atom. The van der Waals surface area contributed by atoms with E-state index in [2.05, 4.69) is 0 Å². The third kappa shape index (κ3) is 5.78.